The molecule has 7 heteroatoms. The van der Waals surface area contributed by atoms with Gasteiger partial charge in [0.2, 0.25) is 0 Å². The van der Waals surface area contributed by atoms with Crippen LogP contribution < -0.4 is 10.1 Å². The smallest absolute Gasteiger partial charge is 0.255 e. The predicted octanol–water partition coefficient (Wildman–Crippen LogP) is 2.62. The second kappa shape index (κ2) is 6.80. The van der Waals surface area contributed by atoms with Gasteiger partial charge in [-0.05, 0) is 38.1 Å². The van der Waals surface area contributed by atoms with Crippen molar-refractivity contribution in [3.05, 3.63) is 53.5 Å². The van der Waals surface area contributed by atoms with Crippen LogP contribution in [-0.2, 0) is 7.05 Å². The summed E-state index contributed by atoms with van der Waals surface area (Å²) in [6.07, 6.45) is 3.46. The summed E-state index contributed by atoms with van der Waals surface area (Å²) in [4.78, 5) is 12.7. The van der Waals surface area contributed by atoms with E-state index in [2.05, 4.69) is 20.6 Å². The van der Waals surface area contributed by atoms with Gasteiger partial charge in [0.15, 0.2) is 0 Å². The van der Waals surface area contributed by atoms with E-state index in [0.717, 1.165) is 22.6 Å². The Kier molecular flexibility index (Phi) is 4.56. The number of nitrogens with one attached hydrogen (secondary N) is 2. The van der Waals surface area contributed by atoms with E-state index < -0.39 is 0 Å². The number of amides is 1. The van der Waals surface area contributed by atoms with E-state index in [-0.39, 0.29) is 11.9 Å². The third kappa shape index (κ3) is 3.40. The highest BCUT2D eigenvalue weighted by molar-refractivity contribution is 5.99. The first-order valence-corrected chi connectivity index (χ1v) is 7.98. The van der Waals surface area contributed by atoms with E-state index in [1.54, 1.807) is 11.8 Å². The molecule has 1 unspecified atom stereocenters. The molecule has 2 heterocycles. The minimum Gasteiger partial charge on any atom is -0.497 e. The van der Waals surface area contributed by atoms with Crippen LogP contribution >= 0.6 is 0 Å². The lowest BCUT2D eigenvalue weighted by Crippen LogP contribution is -2.27. The van der Waals surface area contributed by atoms with Crippen LogP contribution in [-0.4, -0.2) is 33.0 Å². The van der Waals surface area contributed by atoms with Gasteiger partial charge in [-0.15, -0.1) is 0 Å². The molecule has 0 aliphatic rings. The average molecular weight is 339 g/mol. The number of benzene rings is 1. The fourth-order valence-electron chi connectivity index (χ4n) is 2.83. The summed E-state index contributed by atoms with van der Waals surface area (Å²) in [7, 11) is 3.48. The maximum atomic E-state index is 12.7. The molecular weight excluding hydrogens is 318 g/mol. The number of carbonyl (C=O) groups excluding carboxylic acids is 1. The lowest BCUT2D eigenvalue weighted by molar-refractivity contribution is 0.0940. The van der Waals surface area contributed by atoms with Crippen LogP contribution in [0.4, 0.5) is 0 Å². The SMILES string of the molecule is COc1ccc(-c2[nH]ncc2C(=O)NC(C)c2cn(C)nc2C)cc1. The van der Waals surface area contributed by atoms with E-state index in [1.165, 1.54) is 6.20 Å². The van der Waals surface area contributed by atoms with Crippen molar-refractivity contribution in [3.8, 4) is 17.0 Å². The third-order valence-electron chi connectivity index (χ3n) is 4.13. The van der Waals surface area contributed by atoms with Gasteiger partial charge >= 0.3 is 0 Å². The van der Waals surface area contributed by atoms with E-state index in [9.17, 15) is 4.79 Å². The summed E-state index contributed by atoms with van der Waals surface area (Å²) in [6, 6.07) is 7.31. The number of aromatic nitrogens is 4. The molecule has 1 amide bonds. The number of H-pyrrole nitrogens is 1. The minimum absolute atomic E-state index is 0.153. The standard InChI is InChI=1S/C18H21N5O2/c1-11(16-10-23(3)22-12(16)2)20-18(24)15-9-19-21-17(15)13-5-7-14(25-4)8-6-13/h5-11H,1-4H3,(H,19,21)(H,20,24). The number of aryl methyl sites for hydroxylation is 2. The first kappa shape index (κ1) is 16.8. The number of nitrogens with zero attached hydrogens (tertiary/aromatic N) is 3. The molecule has 0 spiro atoms. The molecule has 1 aromatic carbocycles. The molecule has 25 heavy (non-hydrogen) atoms. The van der Waals surface area contributed by atoms with E-state index >= 15 is 0 Å². The highest BCUT2D eigenvalue weighted by Gasteiger charge is 2.19. The number of carbonyl (C=O) groups is 1. The van der Waals surface area contributed by atoms with E-state index in [4.69, 9.17) is 4.74 Å². The Morgan fingerprint density at radius 3 is 2.64 bits per heavy atom. The lowest BCUT2D eigenvalue weighted by Gasteiger charge is -2.13. The maximum Gasteiger partial charge on any atom is 0.255 e. The molecule has 0 aliphatic carbocycles. The molecule has 0 fully saturated rings. The molecular formula is C18H21N5O2. The Morgan fingerprint density at radius 1 is 1.32 bits per heavy atom. The Morgan fingerprint density at radius 2 is 2.04 bits per heavy atom. The highest BCUT2D eigenvalue weighted by atomic mass is 16.5. The normalized spacial score (nSPS) is 12.0. The Hall–Kier alpha value is -3.09. The summed E-state index contributed by atoms with van der Waals surface area (Å²) in [5, 5.41) is 14.3. The van der Waals surface area contributed by atoms with Gasteiger partial charge in [0, 0.05) is 24.4 Å². The van der Waals surface area contributed by atoms with E-state index in [1.807, 2.05) is 51.4 Å². The number of hydrogen-bond donors (Lipinski definition) is 2. The lowest BCUT2D eigenvalue weighted by atomic mass is 10.1. The highest BCUT2D eigenvalue weighted by Crippen LogP contribution is 2.24. The topological polar surface area (TPSA) is 84.8 Å². The molecule has 2 aromatic heterocycles. The van der Waals surface area contributed by atoms with Crippen LogP contribution in [0.5, 0.6) is 5.75 Å². The summed E-state index contributed by atoms with van der Waals surface area (Å²) in [6.45, 7) is 3.87. The van der Waals surface area contributed by atoms with Crippen LogP contribution in [0.3, 0.4) is 0 Å². The number of hydrogen-bond acceptors (Lipinski definition) is 4. The third-order valence-corrected chi connectivity index (χ3v) is 4.13. The maximum absolute atomic E-state index is 12.7. The van der Waals surface area contributed by atoms with Gasteiger partial charge in [0.25, 0.3) is 5.91 Å². The van der Waals surface area contributed by atoms with Crippen molar-refractivity contribution in [2.24, 2.45) is 7.05 Å². The predicted molar refractivity (Wildman–Crippen MR) is 94.4 cm³/mol. The zero-order valence-corrected chi connectivity index (χ0v) is 14.7. The van der Waals surface area contributed by atoms with Crippen molar-refractivity contribution < 1.29 is 9.53 Å². The van der Waals surface area contributed by atoms with Gasteiger partial charge in [-0.1, -0.05) is 0 Å². The van der Waals surface area contributed by atoms with Gasteiger partial charge in [-0.25, -0.2) is 0 Å². The second-order valence-corrected chi connectivity index (χ2v) is 5.93. The summed E-state index contributed by atoms with van der Waals surface area (Å²) >= 11 is 0. The molecule has 2 N–H and O–H groups in total. The van der Waals surface area contributed by atoms with Crippen LogP contribution in [0, 0.1) is 6.92 Å². The molecule has 3 aromatic rings. The molecule has 130 valence electrons. The molecule has 7 nitrogen and oxygen atoms in total. The summed E-state index contributed by atoms with van der Waals surface area (Å²) in [5.41, 5.74) is 3.94. The van der Waals surface area contributed by atoms with Crippen LogP contribution in [0.15, 0.2) is 36.7 Å². The molecule has 1 atom stereocenters. The zero-order chi connectivity index (χ0) is 18.0. The Balaban J connectivity index is 1.81. The van der Waals surface area contributed by atoms with Gasteiger partial charge in [0.1, 0.15) is 5.75 Å². The number of ether oxygens (including phenoxy) is 1. The fraction of sp³-hybridized carbons (Fsp3) is 0.278. The van der Waals surface area contributed by atoms with Crippen molar-refractivity contribution in [1.29, 1.82) is 0 Å². The average Bonchev–Trinajstić information content (AvgIpc) is 3.21. The molecule has 3 rings (SSSR count). The number of aromatic amines is 1. The van der Waals surface area contributed by atoms with Crippen molar-refractivity contribution >= 4 is 5.91 Å². The molecule has 0 saturated heterocycles. The summed E-state index contributed by atoms with van der Waals surface area (Å²) in [5.74, 6) is 0.574. The molecule has 0 aliphatic heterocycles. The summed E-state index contributed by atoms with van der Waals surface area (Å²) < 4.78 is 6.91. The van der Waals surface area contributed by atoms with Crippen LogP contribution in [0.25, 0.3) is 11.3 Å². The van der Waals surface area contributed by atoms with Gasteiger partial charge in [-0.2, -0.15) is 10.2 Å². The second-order valence-electron chi connectivity index (χ2n) is 5.93. The van der Waals surface area contributed by atoms with Gasteiger partial charge < -0.3 is 10.1 Å². The van der Waals surface area contributed by atoms with Gasteiger partial charge in [0.05, 0.1) is 36.3 Å². The largest absolute Gasteiger partial charge is 0.497 e. The van der Waals surface area contributed by atoms with Crippen molar-refractivity contribution in [3.63, 3.8) is 0 Å². The minimum atomic E-state index is -0.185. The zero-order valence-electron chi connectivity index (χ0n) is 14.7. The molecule has 0 bridgehead atoms. The number of rotatable bonds is 5. The number of methoxy groups -OCH3 is 1. The van der Waals surface area contributed by atoms with Crippen LogP contribution in [0.2, 0.25) is 0 Å². The van der Waals surface area contributed by atoms with Crippen molar-refractivity contribution in [1.82, 2.24) is 25.3 Å². The Bertz CT molecular complexity index is 879. The molecule has 0 saturated carbocycles. The quantitative estimate of drug-likeness (QED) is 0.748. The monoisotopic (exact) mass is 339 g/mol. The van der Waals surface area contributed by atoms with Crippen molar-refractivity contribution in [2.45, 2.75) is 19.9 Å². The first-order chi connectivity index (χ1) is 12.0. The van der Waals surface area contributed by atoms with Gasteiger partial charge in [-0.3, -0.25) is 14.6 Å². The first-order valence-electron chi connectivity index (χ1n) is 7.98. The van der Waals surface area contributed by atoms with Crippen LogP contribution in [0.1, 0.15) is 34.6 Å². The Labute approximate surface area is 146 Å². The van der Waals surface area contributed by atoms with E-state index in [0.29, 0.717) is 11.3 Å². The van der Waals surface area contributed by atoms with Crippen molar-refractivity contribution in [2.75, 3.05) is 7.11 Å². The molecule has 0 radical (unpaired) electrons. The fourth-order valence-corrected chi connectivity index (χ4v) is 2.83.